The van der Waals surface area contributed by atoms with Gasteiger partial charge in [-0.2, -0.15) is 0 Å². The van der Waals surface area contributed by atoms with Crippen molar-refractivity contribution in [3.8, 4) is 22.8 Å². The summed E-state index contributed by atoms with van der Waals surface area (Å²) in [6.07, 6.45) is 2.36. The third-order valence-electron chi connectivity index (χ3n) is 7.17. The monoisotopic (exact) mass is 561 g/mol. The van der Waals surface area contributed by atoms with E-state index in [1.165, 1.54) is 42.8 Å². The molecule has 0 atom stereocenters. The number of pyridine rings is 1. The van der Waals surface area contributed by atoms with Crippen LogP contribution in [0.5, 0.6) is 5.75 Å². The van der Waals surface area contributed by atoms with Crippen molar-refractivity contribution in [2.24, 2.45) is 4.99 Å². The lowest BCUT2D eigenvalue weighted by molar-refractivity contribution is -0.274. The highest BCUT2D eigenvalue weighted by Gasteiger charge is 2.31. The SMILES string of the molecule is Cc1ccc(Nc2cc3nc4ccc(F)cc4n(-c4ccc(OC(F)(F)F)cc4)c-3c/c2=N\C2CCCCC2)cn1. The molecule has 1 fully saturated rings. The van der Waals surface area contributed by atoms with E-state index in [0.717, 1.165) is 42.8 Å². The van der Waals surface area contributed by atoms with Crippen LogP contribution in [0.2, 0.25) is 0 Å². The largest absolute Gasteiger partial charge is 0.573 e. The number of anilines is 2. The number of alkyl halides is 3. The molecule has 3 aromatic rings. The second-order valence-corrected chi connectivity index (χ2v) is 10.2. The summed E-state index contributed by atoms with van der Waals surface area (Å²) in [6.45, 7) is 1.92. The minimum atomic E-state index is -4.81. The van der Waals surface area contributed by atoms with E-state index in [9.17, 15) is 17.6 Å². The Morgan fingerprint density at radius 1 is 0.951 bits per heavy atom. The van der Waals surface area contributed by atoms with Crippen molar-refractivity contribution in [2.45, 2.75) is 51.4 Å². The van der Waals surface area contributed by atoms with Crippen molar-refractivity contribution >= 4 is 22.4 Å². The summed E-state index contributed by atoms with van der Waals surface area (Å²) in [5.41, 5.74) is 5.20. The average Bonchev–Trinajstić information content (AvgIpc) is 2.94. The molecule has 3 aliphatic rings. The molecular weight excluding hydrogens is 534 g/mol. The number of hydrogen-bond donors (Lipinski definition) is 1. The number of aromatic nitrogens is 3. The van der Waals surface area contributed by atoms with E-state index >= 15 is 0 Å². The first kappa shape index (κ1) is 26.7. The Bertz CT molecular complexity index is 1720. The second kappa shape index (κ2) is 10.8. The van der Waals surface area contributed by atoms with E-state index in [2.05, 4.69) is 15.0 Å². The quantitative estimate of drug-likeness (QED) is 0.175. The van der Waals surface area contributed by atoms with Gasteiger partial charge < -0.3 is 14.6 Å². The Morgan fingerprint density at radius 3 is 2.44 bits per heavy atom. The predicted molar refractivity (Wildman–Crippen MR) is 149 cm³/mol. The van der Waals surface area contributed by atoms with Gasteiger partial charge in [-0.25, -0.2) is 9.37 Å². The summed E-state index contributed by atoms with van der Waals surface area (Å²) >= 11 is 0. The number of nitrogens with one attached hydrogen (secondary N) is 1. The van der Waals surface area contributed by atoms with E-state index in [1.54, 1.807) is 16.8 Å². The van der Waals surface area contributed by atoms with Crippen LogP contribution in [0.1, 0.15) is 37.8 Å². The van der Waals surface area contributed by atoms with E-state index < -0.39 is 12.2 Å². The summed E-state index contributed by atoms with van der Waals surface area (Å²) in [7, 11) is 0. The number of halogens is 4. The lowest BCUT2D eigenvalue weighted by atomic mass is 9.96. The molecule has 2 aromatic carbocycles. The van der Waals surface area contributed by atoms with Crippen molar-refractivity contribution in [3.05, 3.63) is 89.8 Å². The van der Waals surface area contributed by atoms with Gasteiger partial charge in [-0.05, 0) is 80.4 Å². The van der Waals surface area contributed by atoms with Gasteiger partial charge in [0.25, 0.3) is 0 Å². The van der Waals surface area contributed by atoms with Crippen LogP contribution < -0.4 is 15.4 Å². The normalized spacial score (nSPS) is 15.0. The van der Waals surface area contributed by atoms with Gasteiger partial charge in [0.15, 0.2) is 0 Å². The first-order valence-electron chi connectivity index (χ1n) is 13.5. The van der Waals surface area contributed by atoms with Crippen LogP contribution in [0.3, 0.4) is 0 Å². The average molecular weight is 562 g/mol. The maximum atomic E-state index is 14.5. The van der Waals surface area contributed by atoms with E-state index in [1.807, 2.05) is 31.2 Å². The molecule has 1 aliphatic heterocycles. The second-order valence-electron chi connectivity index (χ2n) is 10.2. The van der Waals surface area contributed by atoms with E-state index in [0.29, 0.717) is 33.5 Å². The predicted octanol–water partition coefficient (Wildman–Crippen LogP) is 7.85. The molecule has 0 radical (unpaired) electrons. The van der Waals surface area contributed by atoms with Crippen LogP contribution in [0, 0.1) is 12.7 Å². The molecule has 0 bridgehead atoms. The van der Waals surface area contributed by atoms with Gasteiger partial charge in [-0.3, -0.25) is 9.98 Å². The number of fused-ring (bicyclic) bond motifs is 2. The van der Waals surface area contributed by atoms with Gasteiger partial charge in [-0.15, -0.1) is 13.2 Å². The third kappa shape index (κ3) is 6.01. The topological polar surface area (TPSA) is 64.3 Å². The van der Waals surface area contributed by atoms with Crippen LogP contribution in [0.4, 0.5) is 28.9 Å². The Kier molecular flexibility index (Phi) is 7.07. The Balaban J connectivity index is 1.57. The zero-order chi connectivity index (χ0) is 28.6. The van der Waals surface area contributed by atoms with Crippen molar-refractivity contribution < 1.29 is 22.3 Å². The minimum Gasteiger partial charge on any atom is -0.406 e. The van der Waals surface area contributed by atoms with Crippen molar-refractivity contribution in [1.29, 1.82) is 0 Å². The number of rotatable bonds is 5. The van der Waals surface area contributed by atoms with Crippen LogP contribution in [0.15, 0.2) is 77.9 Å². The molecule has 41 heavy (non-hydrogen) atoms. The van der Waals surface area contributed by atoms with E-state index in [4.69, 9.17) is 9.98 Å². The number of aryl methyl sites for hydroxylation is 1. The zero-order valence-corrected chi connectivity index (χ0v) is 22.3. The Hall–Kier alpha value is -4.47. The Morgan fingerprint density at radius 2 is 1.73 bits per heavy atom. The van der Waals surface area contributed by atoms with E-state index in [-0.39, 0.29) is 11.8 Å². The Labute approximate surface area is 233 Å². The van der Waals surface area contributed by atoms with Gasteiger partial charge in [0, 0.05) is 17.4 Å². The summed E-state index contributed by atoms with van der Waals surface area (Å²) < 4.78 is 58.7. The smallest absolute Gasteiger partial charge is 0.406 e. The van der Waals surface area contributed by atoms with Crippen molar-refractivity contribution in [2.75, 3.05) is 5.32 Å². The van der Waals surface area contributed by atoms with Gasteiger partial charge in [-0.1, -0.05) is 19.3 Å². The lowest BCUT2D eigenvalue weighted by Gasteiger charge is -2.22. The standard InChI is InChI=1S/C31H27F4N5O/c1-19-7-9-22(18-36-19)38-26-16-28-30(17-27(26)37-21-5-3-2-4-6-21)40(29-15-20(32)8-14-25(29)39-28)23-10-12-24(13-11-23)41-31(33,34)35/h7-18,21,38H,2-6H2,1H3/b37-27+. The number of benzene rings is 3. The fraction of sp³-hybridized carbons (Fsp3) is 0.258. The molecule has 6 rings (SSSR count). The van der Waals surface area contributed by atoms with Crippen LogP contribution in [-0.4, -0.2) is 26.9 Å². The van der Waals surface area contributed by atoms with Crippen LogP contribution >= 0.6 is 0 Å². The molecule has 1 N–H and O–H groups in total. The van der Waals surface area contributed by atoms with Gasteiger partial charge in [0.1, 0.15) is 11.6 Å². The first-order valence-corrected chi connectivity index (χ1v) is 13.5. The maximum absolute atomic E-state index is 14.5. The lowest BCUT2D eigenvalue weighted by Crippen LogP contribution is -2.19. The highest BCUT2D eigenvalue weighted by molar-refractivity contribution is 5.84. The number of hydrogen-bond acceptors (Lipinski definition) is 5. The summed E-state index contributed by atoms with van der Waals surface area (Å²) in [6, 6.07) is 17.6. The third-order valence-corrected chi connectivity index (χ3v) is 7.17. The minimum absolute atomic E-state index is 0.163. The fourth-order valence-electron chi connectivity index (χ4n) is 5.25. The molecule has 2 heterocycles. The van der Waals surface area contributed by atoms with Gasteiger partial charge in [0.05, 0.1) is 51.4 Å². The highest BCUT2D eigenvalue weighted by Crippen LogP contribution is 2.32. The summed E-state index contributed by atoms with van der Waals surface area (Å²) in [5.74, 6) is -0.802. The van der Waals surface area contributed by atoms with Crippen molar-refractivity contribution in [1.82, 2.24) is 14.5 Å². The highest BCUT2D eigenvalue weighted by atomic mass is 19.4. The first-order chi connectivity index (χ1) is 19.7. The summed E-state index contributed by atoms with van der Waals surface area (Å²) in [4.78, 5) is 14.3. The maximum Gasteiger partial charge on any atom is 0.573 e. The van der Waals surface area contributed by atoms with Gasteiger partial charge >= 0.3 is 6.36 Å². The molecule has 0 spiro atoms. The van der Waals surface area contributed by atoms with Crippen LogP contribution in [0.25, 0.3) is 28.1 Å². The molecule has 2 aliphatic carbocycles. The number of ether oxygens (including phenoxy) is 1. The molecule has 0 unspecified atom stereocenters. The molecule has 6 nitrogen and oxygen atoms in total. The molecule has 1 saturated carbocycles. The summed E-state index contributed by atoms with van der Waals surface area (Å²) in [5, 5.41) is 4.15. The molecule has 10 heteroatoms. The molecule has 210 valence electrons. The number of nitrogens with zero attached hydrogens (tertiary/aromatic N) is 4. The fourth-order valence-corrected chi connectivity index (χ4v) is 5.25. The molecule has 0 amide bonds. The molecule has 1 aromatic heterocycles. The van der Waals surface area contributed by atoms with Crippen molar-refractivity contribution in [3.63, 3.8) is 0 Å². The van der Waals surface area contributed by atoms with Crippen LogP contribution in [-0.2, 0) is 0 Å². The zero-order valence-electron chi connectivity index (χ0n) is 22.3. The van der Waals surface area contributed by atoms with Gasteiger partial charge in [0.2, 0.25) is 0 Å². The molecular formula is C31H27F4N5O. The molecule has 0 saturated heterocycles.